The molecule has 0 radical (unpaired) electrons. The molecule has 0 saturated carbocycles. The number of urea groups is 1. The number of hydrogen-bond acceptors (Lipinski definition) is 9. The topological polar surface area (TPSA) is 165 Å². The van der Waals surface area contributed by atoms with Gasteiger partial charge in [0.2, 0.25) is 10.0 Å². The summed E-state index contributed by atoms with van der Waals surface area (Å²) in [5, 5.41) is 24.5. The Morgan fingerprint density at radius 1 is 0.776 bits per heavy atom. The van der Waals surface area contributed by atoms with E-state index in [1.54, 1.807) is 0 Å². The number of aliphatic hydroxyl groups excluding tert-OH is 2. The van der Waals surface area contributed by atoms with E-state index in [2.05, 4.69) is 27.3 Å². The van der Waals surface area contributed by atoms with Crippen molar-refractivity contribution in [3.05, 3.63) is 89.1 Å². The van der Waals surface area contributed by atoms with E-state index in [9.17, 15) is 23.4 Å². The number of sulfonamides is 1. The smallest absolute Gasteiger partial charge is 0.325 e. The molecule has 5 N–H and O–H groups in total. The molecular formula is C45H64N6O6S. The van der Waals surface area contributed by atoms with Crippen LogP contribution in [0.5, 0.6) is 5.75 Å². The van der Waals surface area contributed by atoms with Crippen LogP contribution < -0.4 is 25.0 Å². The highest BCUT2D eigenvalue weighted by Gasteiger charge is 2.22. The maximum absolute atomic E-state index is 13.5. The number of nitrogens with one attached hydrogen (secondary N) is 3. The molecule has 0 aromatic heterocycles. The summed E-state index contributed by atoms with van der Waals surface area (Å²) in [4.78, 5) is 24.9. The number of amidine groups is 2. The minimum atomic E-state index is -3.84. The Bertz CT molecular complexity index is 1930. The van der Waals surface area contributed by atoms with Crippen LogP contribution in [-0.2, 0) is 10.0 Å². The summed E-state index contributed by atoms with van der Waals surface area (Å²) in [6.45, 7) is 5.21. The molecule has 12 nitrogen and oxygen atoms in total. The van der Waals surface area contributed by atoms with Crippen LogP contribution in [0, 0.1) is 6.92 Å². The maximum Gasteiger partial charge on any atom is 0.325 e. The van der Waals surface area contributed by atoms with Gasteiger partial charge in [-0.15, -0.1) is 0 Å². The van der Waals surface area contributed by atoms with E-state index < -0.39 is 16.1 Å². The van der Waals surface area contributed by atoms with E-state index in [1.165, 1.54) is 95.9 Å². The van der Waals surface area contributed by atoms with Crippen molar-refractivity contribution in [3.8, 4) is 5.75 Å². The van der Waals surface area contributed by atoms with Gasteiger partial charge in [-0.2, -0.15) is 0 Å². The number of unbranched alkanes of at least 4 members (excludes halogenated alkanes) is 13. The van der Waals surface area contributed by atoms with Gasteiger partial charge in [-0.3, -0.25) is 5.32 Å². The van der Waals surface area contributed by atoms with E-state index >= 15 is 0 Å². The Morgan fingerprint density at radius 2 is 1.40 bits per heavy atom. The minimum Gasteiger partial charge on any atom is -0.495 e. The van der Waals surface area contributed by atoms with Crippen LogP contribution in [0.4, 0.5) is 16.2 Å². The summed E-state index contributed by atoms with van der Waals surface area (Å²) in [5.41, 5.74) is 3.97. The van der Waals surface area contributed by atoms with Gasteiger partial charge in [0.05, 0.1) is 30.9 Å². The summed E-state index contributed by atoms with van der Waals surface area (Å²) in [7, 11) is -2.39. The van der Waals surface area contributed by atoms with Crippen LogP contribution in [0.1, 0.15) is 114 Å². The zero-order valence-electron chi connectivity index (χ0n) is 34.6. The number of carbonyl (C=O) groups is 1. The molecule has 0 unspecified atom stereocenters. The van der Waals surface area contributed by atoms with E-state index in [4.69, 9.17) is 9.73 Å². The molecule has 13 heteroatoms. The van der Waals surface area contributed by atoms with Crippen LogP contribution in [0.15, 0.2) is 87.3 Å². The Kier molecular flexibility index (Phi) is 19.9. The lowest BCUT2D eigenvalue weighted by molar-refractivity contribution is 0.256. The van der Waals surface area contributed by atoms with Gasteiger partial charge in [-0.25, -0.2) is 27.9 Å². The van der Waals surface area contributed by atoms with Crippen molar-refractivity contribution in [1.29, 1.82) is 0 Å². The van der Waals surface area contributed by atoms with Crippen LogP contribution in [0.3, 0.4) is 0 Å². The van der Waals surface area contributed by atoms with E-state index in [1.807, 2.05) is 66.4 Å². The van der Waals surface area contributed by atoms with Crippen LogP contribution in [-0.4, -0.2) is 76.3 Å². The normalized spacial score (nSPS) is 13.4. The largest absolute Gasteiger partial charge is 0.495 e. The fraction of sp³-hybridized carbons (Fsp3) is 0.489. The highest BCUT2D eigenvalue weighted by molar-refractivity contribution is 7.89. The number of aryl methyl sites for hydroxylation is 1. The van der Waals surface area contributed by atoms with E-state index in [-0.39, 0.29) is 29.6 Å². The summed E-state index contributed by atoms with van der Waals surface area (Å²) in [6.07, 6.45) is 19.0. The quantitative estimate of drug-likeness (QED) is 0.0507. The van der Waals surface area contributed by atoms with Gasteiger partial charge in [0.15, 0.2) is 11.7 Å². The second-order valence-electron chi connectivity index (χ2n) is 14.7. The Labute approximate surface area is 346 Å². The van der Waals surface area contributed by atoms with Gasteiger partial charge in [0.25, 0.3) is 0 Å². The molecule has 58 heavy (non-hydrogen) atoms. The molecule has 316 valence electrons. The highest BCUT2D eigenvalue weighted by Crippen LogP contribution is 2.28. The van der Waals surface area contributed by atoms with Gasteiger partial charge in [0.1, 0.15) is 11.4 Å². The summed E-state index contributed by atoms with van der Waals surface area (Å²) >= 11 is 0. The maximum atomic E-state index is 13.5. The Hall–Kier alpha value is -4.56. The number of carbonyl (C=O) groups excluding carboxylic acids is 1. The number of ether oxygens (including phenoxy) is 1. The number of nitrogens with zero attached hydrogens (tertiary/aromatic N) is 3. The monoisotopic (exact) mass is 816 g/mol. The first-order valence-electron chi connectivity index (χ1n) is 21.0. The van der Waals surface area contributed by atoms with Gasteiger partial charge in [-0.1, -0.05) is 127 Å². The lowest BCUT2D eigenvalue weighted by Crippen LogP contribution is -2.34. The number of methoxy groups -OCH3 is 1. The zero-order chi connectivity index (χ0) is 41.6. The first-order chi connectivity index (χ1) is 28.2. The second-order valence-corrected chi connectivity index (χ2v) is 16.5. The van der Waals surface area contributed by atoms with Gasteiger partial charge < -0.3 is 25.2 Å². The SMILES string of the molecule is CCCCCCCCCCCCCCCCNS(=O)(=O)c1ccc(OC)c(NC(=O)NC2=NC(c3ccccc3)=N/C2=C/c2ccc(N(CCO)CCO)cc2C)c1. The second kappa shape index (κ2) is 25.0. The highest BCUT2D eigenvalue weighted by atomic mass is 32.2. The molecule has 1 heterocycles. The van der Waals surface area contributed by atoms with E-state index in [0.29, 0.717) is 36.9 Å². The van der Waals surface area contributed by atoms with Gasteiger partial charge >= 0.3 is 6.03 Å². The molecule has 1 aliphatic rings. The molecule has 3 aromatic rings. The molecule has 4 rings (SSSR count). The lowest BCUT2D eigenvalue weighted by atomic mass is 10.0. The third-order valence-electron chi connectivity index (χ3n) is 10.2. The first-order valence-corrected chi connectivity index (χ1v) is 22.4. The molecule has 0 fully saturated rings. The Balaban J connectivity index is 1.35. The van der Waals surface area contributed by atoms with Crippen molar-refractivity contribution < 1.29 is 28.2 Å². The molecule has 0 bridgehead atoms. The van der Waals surface area contributed by atoms with Crippen molar-refractivity contribution in [3.63, 3.8) is 0 Å². The van der Waals surface area contributed by atoms with Crippen LogP contribution >= 0.6 is 0 Å². The predicted octanol–water partition coefficient (Wildman–Crippen LogP) is 8.58. The summed E-state index contributed by atoms with van der Waals surface area (Å²) < 4.78 is 34.7. The number of amides is 2. The molecule has 3 aromatic carbocycles. The van der Waals surface area contributed by atoms with Crippen molar-refractivity contribution in [1.82, 2.24) is 10.0 Å². The van der Waals surface area contributed by atoms with Crippen LogP contribution in [0.25, 0.3) is 6.08 Å². The molecule has 0 atom stereocenters. The molecule has 0 spiro atoms. The number of hydrogen-bond donors (Lipinski definition) is 5. The third kappa shape index (κ3) is 15.0. The first kappa shape index (κ1) is 46.1. The predicted molar refractivity (Wildman–Crippen MR) is 237 cm³/mol. The number of rotatable bonds is 26. The zero-order valence-corrected chi connectivity index (χ0v) is 35.5. The van der Waals surface area contributed by atoms with Crippen molar-refractivity contribution in [2.24, 2.45) is 9.98 Å². The average Bonchev–Trinajstić information content (AvgIpc) is 3.61. The fourth-order valence-corrected chi connectivity index (χ4v) is 7.96. The average molecular weight is 817 g/mol. The van der Waals surface area contributed by atoms with Gasteiger partial charge in [-0.05, 0) is 60.9 Å². The number of aliphatic hydroxyl groups is 2. The molecule has 0 aliphatic carbocycles. The molecule has 1 aliphatic heterocycles. The van der Waals surface area contributed by atoms with Gasteiger partial charge in [0, 0.05) is 30.9 Å². The van der Waals surface area contributed by atoms with Crippen LogP contribution in [0.2, 0.25) is 0 Å². The molecular weight excluding hydrogens is 753 g/mol. The Morgan fingerprint density at radius 3 is 1.98 bits per heavy atom. The third-order valence-corrected chi connectivity index (χ3v) is 11.6. The number of benzene rings is 3. The molecule has 0 saturated heterocycles. The molecule has 2 amide bonds. The van der Waals surface area contributed by atoms with E-state index in [0.717, 1.165) is 41.6 Å². The number of aliphatic imine (C=N–C) groups is 2. The van der Waals surface area contributed by atoms with Crippen molar-refractivity contribution in [2.45, 2.75) is 109 Å². The van der Waals surface area contributed by atoms with Crippen molar-refractivity contribution >= 4 is 45.2 Å². The fourth-order valence-electron chi connectivity index (χ4n) is 6.86. The minimum absolute atomic E-state index is 0.0120. The summed E-state index contributed by atoms with van der Waals surface area (Å²) in [6, 6.07) is 18.9. The van der Waals surface area contributed by atoms with Crippen molar-refractivity contribution in [2.75, 3.05) is 50.2 Å². The lowest BCUT2D eigenvalue weighted by Gasteiger charge is -2.23. The standard InChI is InChI=1S/C45H64N6O6S/c1-4-5-6-7-8-9-10-11-12-13-14-15-16-20-27-46-58(55,56)39-25-26-42(57-3)40(34-39)48-45(54)50-44-41(47-43(49-44)36-21-18-17-19-22-36)33-37-23-24-38(32-35(37)2)51(28-30-52)29-31-53/h17-19,21-26,32-34,46,52-53H,4-16,20,27-31H2,1-3H3,(H2,47,48,49,50,54)/b41-33+. The number of anilines is 2. The summed E-state index contributed by atoms with van der Waals surface area (Å²) in [5.74, 6) is 0.919.